The summed E-state index contributed by atoms with van der Waals surface area (Å²) in [6.07, 6.45) is 6.54. The van der Waals surface area contributed by atoms with Gasteiger partial charge in [-0.15, -0.1) is 0 Å². The molecule has 2 rings (SSSR count). The molecule has 0 aliphatic heterocycles. The summed E-state index contributed by atoms with van der Waals surface area (Å²) in [7, 11) is 0. The third kappa shape index (κ3) is 2.72. The van der Waals surface area contributed by atoms with Crippen molar-refractivity contribution >= 4 is 0 Å². The van der Waals surface area contributed by atoms with E-state index in [-0.39, 0.29) is 10.8 Å². The van der Waals surface area contributed by atoms with Gasteiger partial charge in [0.05, 0.1) is 12.2 Å². The Morgan fingerprint density at radius 3 is 2.55 bits per heavy atom. The van der Waals surface area contributed by atoms with Crippen LogP contribution in [0.4, 0.5) is 0 Å². The van der Waals surface area contributed by atoms with Gasteiger partial charge in [0.15, 0.2) is 0 Å². The second-order valence-electron chi connectivity index (χ2n) is 8.23. The predicted molar refractivity (Wildman–Crippen MR) is 92.4 cm³/mol. The molecule has 2 N–H and O–H groups in total. The Hall–Kier alpha value is -0.860. The van der Waals surface area contributed by atoms with Gasteiger partial charge in [0.1, 0.15) is 0 Å². The molecular formula is C20H32O2. The Morgan fingerprint density at radius 1 is 1.32 bits per heavy atom. The highest BCUT2D eigenvalue weighted by Gasteiger charge is 2.58. The zero-order valence-electron chi connectivity index (χ0n) is 14.6. The van der Waals surface area contributed by atoms with Crippen LogP contribution in [0.1, 0.15) is 53.4 Å². The van der Waals surface area contributed by atoms with Crippen LogP contribution in [0.25, 0.3) is 0 Å². The van der Waals surface area contributed by atoms with Gasteiger partial charge in [-0.05, 0) is 55.3 Å². The van der Waals surface area contributed by atoms with Crippen molar-refractivity contribution in [3.05, 3.63) is 36.5 Å². The lowest BCUT2D eigenvalue weighted by atomic mass is 9.46. The van der Waals surface area contributed by atoms with Crippen LogP contribution in [0, 0.1) is 22.7 Å². The van der Waals surface area contributed by atoms with Crippen LogP contribution >= 0.6 is 0 Å². The first-order chi connectivity index (χ1) is 10.1. The van der Waals surface area contributed by atoms with Gasteiger partial charge in [-0.3, -0.25) is 0 Å². The molecule has 0 saturated heterocycles. The second kappa shape index (κ2) is 5.98. The lowest BCUT2D eigenvalue weighted by Gasteiger charge is -2.60. The smallest absolute Gasteiger partial charge is 0.0852 e. The first kappa shape index (κ1) is 17.5. The summed E-state index contributed by atoms with van der Waals surface area (Å²) in [6.45, 7) is 16.7. The first-order valence-corrected chi connectivity index (χ1v) is 8.47. The van der Waals surface area contributed by atoms with Gasteiger partial charge in [-0.1, -0.05) is 57.2 Å². The second-order valence-corrected chi connectivity index (χ2v) is 8.23. The van der Waals surface area contributed by atoms with E-state index in [1.807, 2.05) is 6.08 Å². The molecule has 0 aromatic rings. The fraction of sp³-hybridized carbons (Fsp3) is 0.700. The van der Waals surface area contributed by atoms with E-state index in [9.17, 15) is 10.2 Å². The van der Waals surface area contributed by atoms with E-state index in [2.05, 4.69) is 46.9 Å². The monoisotopic (exact) mass is 304 g/mol. The van der Waals surface area contributed by atoms with Crippen LogP contribution < -0.4 is 0 Å². The molecule has 0 bridgehead atoms. The summed E-state index contributed by atoms with van der Waals surface area (Å²) in [6, 6.07) is 0. The highest BCUT2D eigenvalue weighted by molar-refractivity contribution is 5.21. The predicted octanol–water partition coefficient (Wildman–Crippen LogP) is 4.25. The number of aliphatic hydroxyl groups excluding tert-OH is 2. The fourth-order valence-electron chi connectivity index (χ4n) is 5.14. The lowest BCUT2D eigenvalue weighted by molar-refractivity contribution is -0.179. The quantitative estimate of drug-likeness (QED) is 0.604. The van der Waals surface area contributed by atoms with E-state index in [4.69, 9.17) is 0 Å². The molecule has 0 heterocycles. The minimum Gasteiger partial charge on any atom is -0.390 e. The molecule has 22 heavy (non-hydrogen) atoms. The molecule has 2 nitrogen and oxygen atoms in total. The van der Waals surface area contributed by atoms with E-state index in [1.165, 1.54) is 11.1 Å². The van der Waals surface area contributed by atoms with Crippen molar-refractivity contribution in [1.82, 2.24) is 0 Å². The van der Waals surface area contributed by atoms with Gasteiger partial charge in [-0.25, -0.2) is 0 Å². The van der Waals surface area contributed by atoms with Gasteiger partial charge in [0.25, 0.3) is 0 Å². The average molecular weight is 304 g/mol. The van der Waals surface area contributed by atoms with Crippen molar-refractivity contribution in [2.24, 2.45) is 22.7 Å². The van der Waals surface area contributed by atoms with Crippen molar-refractivity contribution in [3.8, 4) is 0 Å². The number of fused-ring (bicyclic) bond motifs is 1. The molecule has 0 spiro atoms. The zero-order chi connectivity index (χ0) is 16.7. The number of hydrogen-bond acceptors (Lipinski definition) is 2. The van der Waals surface area contributed by atoms with E-state index in [0.29, 0.717) is 18.3 Å². The standard InChI is InChI=1S/C20H32O2/c1-7-13(2)8-10-15-14(3)9-11-17-19(4,5)18(22)16(21)12-20(15,17)6/h7-8,15-18,21-22H,1,3,9-12H2,2,4-6H3/b13-8+/t15-,16+,17+,18-,20+/m0/s1. The number of rotatable bonds is 3. The Kier molecular flexibility index (Phi) is 4.75. The van der Waals surface area contributed by atoms with Crippen molar-refractivity contribution in [2.75, 3.05) is 0 Å². The van der Waals surface area contributed by atoms with Crippen LogP contribution in [0.2, 0.25) is 0 Å². The third-order valence-electron chi connectivity index (χ3n) is 6.51. The maximum absolute atomic E-state index is 10.5. The minimum atomic E-state index is -0.644. The van der Waals surface area contributed by atoms with Crippen molar-refractivity contribution < 1.29 is 10.2 Å². The van der Waals surface area contributed by atoms with Crippen LogP contribution in [0.5, 0.6) is 0 Å². The Balaban J connectivity index is 2.37. The van der Waals surface area contributed by atoms with Gasteiger partial charge >= 0.3 is 0 Å². The highest BCUT2D eigenvalue weighted by Crippen LogP contribution is 2.61. The van der Waals surface area contributed by atoms with Crippen LogP contribution in [0.15, 0.2) is 36.5 Å². The van der Waals surface area contributed by atoms with E-state index >= 15 is 0 Å². The molecule has 0 aromatic carbocycles. The van der Waals surface area contributed by atoms with Crippen molar-refractivity contribution in [3.63, 3.8) is 0 Å². The maximum atomic E-state index is 10.5. The Labute approximate surface area is 135 Å². The summed E-state index contributed by atoms with van der Waals surface area (Å²) < 4.78 is 0. The lowest BCUT2D eigenvalue weighted by Crippen LogP contribution is -2.60. The molecule has 5 atom stereocenters. The van der Waals surface area contributed by atoms with Gasteiger partial charge in [0.2, 0.25) is 0 Å². The summed E-state index contributed by atoms with van der Waals surface area (Å²) in [5.41, 5.74) is 2.22. The summed E-state index contributed by atoms with van der Waals surface area (Å²) in [4.78, 5) is 0. The highest BCUT2D eigenvalue weighted by atomic mass is 16.3. The Morgan fingerprint density at radius 2 is 1.95 bits per heavy atom. The van der Waals surface area contributed by atoms with E-state index in [1.54, 1.807) is 0 Å². The zero-order valence-corrected chi connectivity index (χ0v) is 14.6. The number of hydrogen-bond donors (Lipinski definition) is 2. The molecule has 0 radical (unpaired) electrons. The molecule has 2 saturated carbocycles. The van der Waals surface area contributed by atoms with Crippen molar-refractivity contribution in [1.29, 1.82) is 0 Å². The van der Waals surface area contributed by atoms with E-state index in [0.717, 1.165) is 19.3 Å². The SMILES string of the molecule is C=C/C(C)=C/C[C@H]1C(=C)CC[C@@H]2C(C)(C)[C@@H](O)[C@H](O)C[C@@]21C. The largest absolute Gasteiger partial charge is 0.390 e. The third-order valence-corrected chi connectivity index (χ3v) is 6.51. The summed E-state index contributed by atoms with van der Waals surface area (Å²) in [5.74, 6) is 0.772. The fourth-order valence-corrected chi connectivity index (χ4v) is 5.14. The molecule has 0 unspecified atom stereocenters. The number of allylic oxidation sites excluding steroid dienone is 4. The molecule has 0 amide bonds. The topological polar surface area (TPSA) is 40.5 Å². The first-order valence-electron chi connectivity index (χ1n) is 8.47. The molecule has 2 fully saturated rings. The summed E-state index contributed by atoms with van der Waals surface area (Å²) in [5, 5.41) is 20.9. The molecule has 2 aliphatic rings. The van der Waals surface area contributed by atoms with E-state index < -0.39 is 12.2 Å². The van der Waals surface area contributed by atoms with Gasteiger partial charge < -0.3 is 10.2 Å². The van der Waals surface area contributed by atoms with Crippen LogP contribution in [-0.2, 0) is 0 Å². The molecule has 2 heteroatoms. The number of aliphatic hydroxyl groups is 2. The van der Waals surface area contributed by atoms with Crippen molar-refractivity contribution in [2.45, 2.75) is 65.6 Å². The normalized spacial score (nSPS) is 41.9. The molecular weight excluding hydrogens is 272 g/mol. The summed E-state index contributed by atoms with van der Waals surface area (Å²) >= 11 is 0. The molecule has 124 valence electrons. The maximum Gasteiger partial charge on any atom is 0.0852 e. The van der Waals surface area contributed by atoms with Crippen LogP contribution in [-0.4, -0.2) is 22.4 Å². The molecule has 0 aromatic heterocycles. The average Bonchev–Trinajstić information content (AvgIpc) is 2.43. The van der Waals surface area contributed by atoms with Gasteiger partial charge in [0, 0.05) is 0 Å². The Bertz CT molecular complexity index is 488. The van der Waals surface area contributed by atoms with Gasteiger partial charge in [-0.2, -0.15) is 0 Å². The molecule has 2 aliphatic carbocycles. The minimum absolute atomic E-state index is 0.00453. The van der Waals surface area contributed by atoms with Crippen LogP contribution in [0.3, 0.4) is 0 Å².